The molecule has 0 fully saturated rings. The minimum absolute atomic E-state index is 0.213. The van der Waals surface area contributed by atoms with Gasteiger partial charge in [0.1, 0.15) is 17.2 Å². The molecule has 0 saturated heterocycles. The van der Waals surface area contributed by atoms with Gasteiger partial charge < -0.3 is 21.2 Å². The van der Waals surface area contributed by atoms with Crippen molar-refractivity contribution in [3.8, 4) is 11.3 Å². The van der Waals surface area contributed by atoms with Crippen LogP contribution in [0.1, 0.15) is 12.5 Å². The lowest BCUT2D eigenvalue weighted by Gasteiger charge is -2.12. The zero-order valence-corrected chi connectivity index (χ0v) is 12.9. The Bertz CT molecular complexity index is 725. The Morgan fingerprint density at radius 3 is 2.50 bits per heavy atom. The minimum atomic E-state index is -0.305. The van der Waals surface area contributed by atoms with Gasteiger partial charge in [0.05, 0.1) is 5.69 Å². The largest absolute Gasteiger partial charge is 0.369 e. The first-order valence-electron chi connectivity index (χ1n) is 6.37. The summed E-state index contributed by atoms with van der Waals surface area (Å²) in [5, 5.41) is 0. The van der Waals surface area contributed by atoms with Crippen molar-refractivity contribution in [1.82, 2.24) is 9.97 Å². The molecule has 0 aliphatic heterocycles. The standard InChI is InChI=1S/C14H15FN4S.CH2O/c1-2-8(7-16)11-12(18-14(17)19-13(11)20)9-3-5-10(15)6-4-9;1-2/h2-6H,7,16H2,1H3,(H3,17,18,19,20);1H2/b8-2+;. The fourth-order valence-electron chi connectivity index (χ4n) is 1.99. The first kappa shape index (κ1) is 17.7. The summed E-state index contributed by atoms with van der Waals surface area (Å²) in [4.78, 5) is 15.0. The van der Waals surface area contributed by atoms with Crippen molar-refractivity contribution in [2.24, 2.45) is 5.73 Å². The average Bonchev–Trinajstić information content (AvgIpc) is 2.52. The summed E-state index contributed by atoms with van der Waals surface area (Å²) in [5.74, 6) is -0.0912. The molecule has 1 aromatic carbocycles. The molecule has 5 nitrogen and oxygen atoms in total. The van der Waals surface area contributed by atoms with Gasteiger partial charge in [-0.15, -0.1) is 0 Å². The second kappa shape index (κ2) is 8.16. The molecule has 0 amide bonds. The highest BCUT2D eigenvalue weighted by molar-refractivity contribution is 7.71. The van der Waals surface area contributed by atoms with Crippen LogP contribution in [-0.2, 0) is 4.79 Å². The number of carbonyl (C=O) groups excluding carboxylic acids is 1. The molecular formula is C15H17FN4OS. The van der Waals surface area contributed by atoms with Gasteiger partial charge in [-0.05, 0) is 42.3 Å². The fourth-order valence-corrected chi connectivity index (χ4v) is 2.32. The molecule has 2 aromatic rings. The second-order valence-electron chi connectivity index (χ2n) is 4.20. The molecule has 116 valence electrons. The van der Waals surface area contributed by atoms with E-state index in [1.54, 1.807) is 12.1 Å². The van der Waals surface area contributed by atoms with E-state index in [-0.39, 0.29) is 11.8 Å². The number of nitrogens with two attached hydrogens (primary N) is 2. The van der Waals surface area contributed by atoms with Crippen LogP contribution in [0.4, 0.5) is 10.3 Å². The normalized spacial score (nSPS) is 10.8. The zero-order valence-electron chi connectivity index (χ0n) is 12.1. The van der Waals surface area contributed by atoms with E-state index < -0.39 is 0 Å². The summed E-state index contributed by atoms with van der Waals surface area (Å²) in [7, 11) is 0. The third-order valence-corrected chi connectivity index (χ3v) is 3.26. The molecule has 5 N–H and O–H groups in total. The summed E-state index contributed by atoms with van der Waals surface area (Å²) in [5.41, 5.74) is 14.5. The maximum atomic E-state index is 13.1. The molecule has 0 spiro atoms. The predicted molar refractivity (Wildman–Crippen MR) is 89.1 cm³/mol. The molecule has 0 saturated carbocycles. The van der Waals surface area contributed by atoms with Crippen molar-refractivity contribution in [2.45, 2.75) is 6.92 Å². The van der Waals surface area contributed by atoms with E-state index in [2.05, 4.69) is 9.97 Å². The van der Waals surface area contributed by atoms with Crippen molar-refractivity contribution in [1.29, 1.82) is 0 Å². The molecule has 7 heteroatoms. The molecule has 0 atom stereocenters. The van der Waals surface area contributed by atoms with E-state index in [0.29, 0.717) is 16.9 Å². The van der Waals surface area contributed by atoms with E-state index in [0.717, 1.165) is 16.7 Å². The molecule has 22 heavy (non-hydrogen) atoms. The lowest BCUT2D eigenvalue weighted by Crippen LogP contribution is -2.08. The van der Waals surface area contributed by atoms with Gasteiger partial charge >= 0.3 is 0 Å². The summed E-state index contributed by atoms with van der Waals surface area (Å²) in [6.45, 7) is 4.20. The molecule has 0 bridgehead atoms. The molecular weight excluding hydrogens is 303 g/mol. The van der Waals surface area contributed by atoms with Crippen LogP contribution in [0.15, 0.2) is 30.3 Å². The van der Waals surface area contributed by atoms with E-state index in [1.807, 2.05) is 19.8 Å². The zero-order chi connectivity index (χ0) is 16.7. The van der Waals surface area contributed by atoms with Crippen molar-refractivity contribution >= 4 is 30.5 Å². The lowest BCUT2D eigenvalue weighted by molar-refractivity contribution is -0.0979. The Morgan fingerprint density at radius 2 is 2.00 bits per heavy atom. The maximum Gasteiger partial charge on any atom is 0.199 e. The van der Waals surface area contributed by atoms with Gasteiger partial charge in [0, 0.05) is 12.1 Å². The first-order chi connectivity index (χ1) is 10.6. The first-order valence-corrected chi connectivity index (χ1v) is 6.78. The van der Waals surface area contributed by atoms with E-state index >= 15 is 0 Å². The summed E-state index contributed by atoms with van der Waals surface area (Å²) in [6.07, 6.45) is 1.88. The van der Waals surface area contributed by atoms with Crippen LogP contribution in [0.2, 0.25) is 0 Å². The van der Waals surface area contributed by atoms with Gasteiger partial charge in [0.25, 0.3) is 0 Å². The minimum Gasteiger partial charge on any atom is -0.369 e. The summed E-state index contributed by atoms with van der Waals surface area (Å²) >= 11 is 5.28. The van der Waals surface area contributed by atoms with Crippen LogP contribution in [0, 0.1) is 10.5 Å². The van der Waals surface area contributed by atoms with Crippen LogP contribution < -0.4 is 11.5 Å². The van der Waals surface area contributed by atoms with E-state index in [4.69, 9.17) is 28.5 Å². The second-order valence-corrected chi connectivity index (χ2v) is 4.59. The van der Waals surface area contributed by atoms with Gasteiger partial charge in [-0.1, -0.05) is 18.3 Å². The summed E-state index contributed by atoms with van der Waals surface area (Å²) < 4.78 is 13.4. The molecule has 1 heterocycles. The van der Waals surface area contributed by atoms with Gasteiger partial charge in [0.2, 0.25) is 0 Å². The monoisotopic (exact) mass is 320 g/mol. The SMILES string of the molecule is C/C=C(\CN)c1c(-c2ccc(F)cc2)[nH]c(N)nc1=S.C=O. The number of anilines is 1. The number of aromatic nitrogens is 2. The Balaban J connectivity index is 0.00000116. The number of aromatic amines is 1. The highest BCUT2D eigenvalue weighted by Gasteiger charge is 2.13. The average molecular weight is 320 g/mol. The lowest BCUT2D eigenvalue weighted by atomic mass is 10.0. The van der Waals surface area contributed by atoms with E-state index in [9.17, 15) is 4.39 Å². The molecule has 0 aliphatic carbocycles. The van der Waals surface area contributed by atoms with E-state index in [1.165, 1.54) is 12.1 Å². The number of halogens is 1. The Hall–Kier alpha value is -2.38. The predicted octanol–water partition coefficient (Wildman–Crippen LogP) is 2.70. The van der Waals surface area contributed by atoms with Crippen molar-refractivity contribution in [3.63, 3.8) is 0 Å². The number of hydrogen-bond acceptors (Lipinski definition) is 5. The number of allylic oxidation sites excluding steroid dienone is 1. The molecule has 0 unspecified atom stereocenters. The Kier molecular flexibility index (Phi) is 6.55. The maximum absolute atomic E-state index is 13.1. The number of nitrogens with zero attached hydrogens (tertiary/aromatic N) is 1. The number of nitrogens with one attached hydrogen (secondary N) is 1. The number of nitrogen functional groups attached to an aromatic ring is 1. The Morgan fingerprint density at radius 1 is 1.41 bits per heavy atom. The van der Waals surface area contributed by atoms with Crippen LogP contribution in [0.5, 0.6) is 0 Å². The fraction of sp³-hybridized carbons (Fsp3) is 0.133. The number of benzene rings is 1. The number of carbonyl (C=O) groups is 1. The topological polar surface area (TPSA) is 97.8 Å². The highest BCUT2D eigenvalue weighted by atomic mass is 32.1. The summed E-state index contributed by atoms with van der Waals surface area (Å²) in [6, 6.07) is 6.07. The van der Waals surface area contributed by atoms with Gasteiger partial charge in [-0.3, -0.25) is 0 Å². The molecule has 0 radical (unpaired) electrons. The van der Waals surface area contributed by atoms with Crippen molar-refractivity contribution < 1.29 is 9.18 Å². The van der Waals surface area contributed by atoms with Crippen molar-refractivity contribution in [2.75, 3.05) is 12.3 Å². The van der Waals surface area contributed by atoms with Gasteiger partial charge in [-0.25, -0.2) is 9.37 Å². The quantitative estimate of drug-likeness (QED) is 0.755. The highest BCUT2D eigenvalue weighted by Crippen LogP contribution is 2.28. The third-order valence-electron chi connectivity index (χ3n) is 2.96. The van der Waals surface area contributed by atoms with Gasteiger partial charge in [-0.2, -0.15) is 0 Å². The van der Waals surface area contributed by atoms with Crippen LogP contribution >= 0.6 is 12.2 Å². The van der Waals surface area contributed by atoms with Gasteiger partial charge in [0.15, 0.2) is 5.95 Å². The molecule has 1 aromatic heterocycles. The number of hydrogen-bond donors (Lipinski definition) is 3. The molecule has 2 rings (SSSR count). The van der Waals surface area contributed by atoms with Crippen LogP contribution in [0.25, 0.3) is 16.8 Å². The number of H-pyrrole nitrogens is 1. The van der Waals surface area contributed by atoms with Crippen LogP contribution in [-0.4, -0.2) is 23.3 Å². The Labute approximate surface area is 132 Å². The van der Waals surface area contributed by atoms with Crippen LogP contribution in [0.3, 0.4) is 0 Å². The van der Waals surface area contributed by atoms with Crippen molar-refractivity contribution in [3.05, 3.63) is 46.4 Å². The number of rotatable bonds is 3. The molecule has 0 aliphatic rings. The third kappa shape index (κ3) is 3.84. The smallest absolute Gasteiger partial charge is 0.199 e.